The molecular weight excluding hydrogens is 304 g/mol. The molecule has 2 rings (SSSR count). The third kappa shape index (κ3) is 3.40. The van der Waals surface area contributed by atoms with Crippen molar-refractivity contribution in [3.63, 3.8) is 0 Å². The molecule has 0 saturated carbocycles. The molecule has 0 atom stereocenters. The van der Waals surface area contributed by atoms with Crippen molar-refractivity contribution in [3.8, 4) is 0 Å². The lowest BCUT2D eigenvalue weighted by molar-refractivity contribution is 0.0470. The van der Waals surface area contributed by atoms with Gasteiger partial charge in [0.05, 0.1) is 5.56 Å². The minimum absolute atomic E-state index is 0.139. The maximum absolute atomic E-state index is 13.5. The highest BCUT2D eigenvalue weighted by atomic mass is 35.5. The predicted octanol–water partition coefficient (Wildman–Crippen LogP) is 4.07. The second-order valence-electron chi connectivity index (χ2n) is 4.04. The van der Waals surface area contributed by atoms with E-state index in [9.17, 15) is 9.18 Å². The van der Waals surface area contributed by atoms with Gasteiger partial charge >= 0.3 is 5.97 Å². The first-order valence-corrected chi connectivity index (χ1v) is 6.39. The minimum atomic E-state index is -0.677. The molecule has 0 fully saturated rings. The van der Waals surface area contributed by atoms with Gasteiger partial charge in [-0.2, -0.15) is 0 Å². The zero-order chi connectivity index (χ0) is 14.7. The molecule has 0 radical (unpaired) electrons. The molecular formula is C14H10Cl2FNO2. The summed E-state index contributed by atoms with van der Waals surface area (Å²) in [6.07, 6.45) is 0. The van der Waals surface area contributed by atoms with Crippen LogP contribution in [0, 0.1) is 5.82 Å². The van der Waals surface area contributed by atoms with E-state index >= 15 is 0 Å². The monoisotopic (exact) mass is 313 g/mol. The predicted molar refractivity (Wildman–Crippen MR) is 76.4 cm³/mol. The standard InChI is InChI=1S/C14H10Cl2FNO2/c15-9-1-3-12(17)8(5-9)7-20-14(19)11-6-10(16)2-4-13(11)18/h1-6H,7,18H2. The van der Waals surface area contributed by atoms with Gasteiger partial charge in [-0.15, -0.1) is 0 Å². The van der Waals surface area contributed by atoms with Gasteiger partial charge in [0.2, 0.25) is 0 Å². The van der Waals surface area contributed by atoms with Crippen LogP contribution in [-0.2, 0) is 11.3 Å². The summed E-state index contributed by atoms with van der Waals surface area (Å²) >= 11 is 11.5. The van der Waals surface area contributed by atoms with E-state index in [1.807, 2.05) is 0 Å². The molecule has 20 heavy (non-hydrogen) atoms. The van der Waals surface area contributed by atoms with Crippen molar-refractivity contribution in [2.24, 2.45) is 0 Å². The third-order valence-corrected chi connectivity index (χ3v) is 3.07. The van der Waals surface area contributed by atoms with Gasteiger partial charge in [-0.05, 0) is 36.4 Å². The van der Waals surface area contributed by atoms with Crippen molar-refractivity contribution in [3.05, 3.63) is 63.4 Å². The first-order chi connectivity index (χ1) is 9.47. The fraction of sp³-hybridized carbons (Fsp3) is 0.0714. The number of carbonyl (C=O) groups is 1. The average molecular weight is 314 g/mol. The van der Waals surface area contributed by atoms with Gasteiger partial charge in [0, 0.05) is 21.3 Å². The lowest BCUT2D eigenvalue weighted by Gasteiger charge is -2.08. The van der Waals surface area contributed by atoms with E-state index in [0.29, 0.717) is 10.0 Å². The number of esters is 1. The van der Waals surface area contributed by atoms with Crippen molar-refractivity contribution in [2.45, 2.75) is 6.61 Å². The van der Waals surface area contributed by atoms with Crippen LogP contribution in [0.25, 0.3) is 0 Å². The molecule has 0 aliphatic rings. The molecule has 0 spiro atoms. The van der Waals surface area contributed by atoms with Crippen LogP contribution in [0.2, 0.25) is 10.0 Å². The summed E-state index contributed by atoms with van der Waals surface area (Å²) in [5.74, 6) is -1.18. The van der Waals surface area contributed by atoms with Crippen LogP contribution in [0.15, 0.2) is 36.4 Å². The van der Waals surface area contributed by atoms with E-state index in [-0.39, 0.29) is 23.4 Å². The minimum Gasteiger partial charge on any atom is -0.457 e. The van der Waals surface area contributed by atoms with Crippen LogP contribution in [0.4, 0.5) is 10.1 Å². The van der Waals surface area contributed by atoms with Gasteiger partial charge in [-0.3, -0.25) is 0 Å². The van der Waals surface area contributed by atoms with Gasteiger partial charge in [0.15, 0.2) is 0 Å². The average Bonchev–Trinajstić information content (AvgIpc) is 2.42. The normalized spacial score (nSPS) is 10.3. The summed E-state index contributed by atoms with van der Waals surface area (Å²) in [7, 11) is 0. The number of hydrogen-bond donors (Lipinski definition) is 1. The van der Waals surface area contributed by atoms with E-state index in [4.69, 9.17) is 33.7 Å². The molecule has 0 saturated heterocycles. The van der Waals surface area contributed by atoms with Crippen molar-refractivity contribution in [2.75, 3.05) is 5.73 Å². The molecule has 0 aliphatic carbocycles. The fourth-order valence-corrected chi connectivity index (χ4v) is 1.95. The van der Waals surface area contributed by atoms with Crippen molar-refractivity contribution in [1.82, 2.24) is 0 Å². The fourth-order valence-electron chi connectivity index (χ4n) is 1.58. The van der Waals surface area contributed by atoms with E-state index < -0.39 is 11.8 Å². The highest BCUT2D eigenvalue weighted by Gasteiger charge is 2.13. The molecule has 0 unspecified atom stereocenters. The molecule has 0 amide bonds. The number of hydrogen-bond acceptors (Lipinski definition) is 3. The zero-order valence-electron chi connectivity index (χ0n) is 10.2. The highest BCUT2D eigenvalue weighted by molar-refractivity contribution is 6.31. The Kier molecular flexibility index (Phi) is 4.47. The Labute approximate surface area is 125 Å². The molecule has 3 nitrogen and oxygen atoms in total. The van der Waals surface area contributed by atoms with Crippen LogP contribution >= 0.6 is 23.2 Å². The lowest BCUT2D eigenvalue weighted by Crippen LogP contribution is -2.09. The topological polar surface area (TPSA) is 52.3 Å². The van der Waals surface area contributed by atoms with Crippen molar-refractivity contribution in [1.29, 1.82) is 0 Å². The maximum Gasteiger partial charge on any atom is 0.340 e. The first-order valence-electron chi connectivity index (χ1n) is 5.63. The van der Waals surface area contributed by atoms with Gasteiger partial charge in [-0.1, -0.05) is 23.2 Å². The van der Waals surface area contributed by atoms with E-state index in [0.717, 1.165) is 0 Å². The molecule has 0 heterocycles. The molecule has 2 N–H and O–H groups in total. The number of rotatable bonds is 3. The zero-order valence-corrected chi connectivity index (χ0v) is 11.7. The summed E-state index contributed by atoms with van der Waals surface area (Å²) in [5.41, 5.74) is 6.23. The highest BCUT2D eigenvalue weighted by Crippen LogP contribution is 2.20. The number of carbonyl (C=O) groups excluding carboxylic acids is 1. The Morgan fingerprint density at radius 3 is 2.55 bits per heavy atom. The molecule has 104 valence electrons. The van der Waals surface area contributed by atoms with Gasteiger partial charge in [0.25, 0.3) is 0 Å². The van der Waals surface area contributed by atoms with Crippen molar-refractivity contribution >= 4 is 34.9 Å². The number of nitrogen functional groups attached to an aromatic ring is 1. The third-order valence-electron chi connectivity index (χ3n) is 2.60. The quantitative estimate of drug-likeness (QED) is 0.686. The number of anilines is 1. The summed E-state index contributed by atoms with van der Waals surface area (Å²) in [6, 6.07) is 8.47. The Morgan fingerprint density at radius 2 is 1.80 bits per heavy atom. The van der Waals surface area contributed by atoms with Crippen LogP contribution in [0.1, 0.15) is 15.9 Å². The summed E-state index contributed by atoms with van der Waals surface area (Å²) in [4.78, 5) is 11.9. The Balaban J connectivity index is 2.12. The van der Waals surface area contributed by atoms with Gasteiger partial charge in [0.1, 0.15) is 12.4 Å². The Bertz CT molecular complexity index is 662. The molecule has 6 heteroatoms. The first kappa shape index (κ1) is 14.6. The van der Waals surface area contributed by atoms with E-state index in [1.54, 1.807) is 6.07 Å². The molecule has 2 aromatic carbocycles. The molecule has 0 aliphatic heterocycles. The smallest absolute Gasteiger partial charge is 0.340 e. The number of halogens is 3. The van der Waals surface area contributed by atoms with Crippen LogP contribution < -0.4 is 5.73 Å². The van der Waals surface area contributed by atoms with E-state index in [1.165, 1.54) is 30.3 Å². The largest absolute Gasteiger partial charge is 0.457 e. The lowest BCUT2D eigenvalue weighted by atomic mass is 10.2. The molecule has 0 aromatic heterocycles. The Hall–Kier alpha value is -1.78. The SMILES string of the molecule is Nc1ccc(Cl)cc1C(=O)OCc1cc(Cl)ccc1F. The van der Waals surface area contributed by atoms with Crippen LogP contribution in [-0.4, -0.2) is 5.97 Å². The number of ether oxygens (including phenoxy) is 1. The van der Waals surface area contributed by atoms with Gasteiger partial charge in [-0.25, -0.2) is 9.18 Å². The van der Waals surface area contributed by atoms with Crippen molar-refractivity contribution < 1.29 is 13.9 Å². The maximum atomic E-state index is 13.5. The van der Waals surface area contributed by atoms with Crippen LogP contribution in [0.3, 0.4) is 0 Å². The number of benzene rings is 2. The van der Waals surface area contributed by atoms with Crippen LogP contribution in [0.5, 0.6) is 0 Å². The second-order valence-corrected chi connectivity index (χ2v) is 4.92. The Morgan fingerprint density at radius 1 is 1.15 bits per heavy atom. The summed E-state index contributed by atoms with van der Waals surface area (Å²) in [6.45, 7) is -0.239. The van der Waals surface area contributed by atoms with E-state index in [2.05, 4.69) is 0 Å². The van der Waals surface area contributed by atoms with Gasteiger partial charge < -0.3 is 10.5 Å². The summed E-state index contributed by atoms with van der Waals surface area (Å²) < 4.78 is 18.5. The molecule has 0 bridgehead atoms. The second kappa shape index (κ2) is 6.11. The summed E-state index contributed by atoms with van der Waals surface area (Å²) in [5, 5.41) is 0.722. The number of nitrogens with two attached hydrogens (primary N) is 1. The molecule has 2 aromatic rings.